The molecule has 2 aromatic heterocycles. The van der Waals surface area contributed by atoms with Crippen LogP contribution in [0.5, 0.6) is 0 Å². The predicted molar refractivity (Wildman–Crippen MR) is 120 cm³/mol. The molecule has 7 nitrogen and oxygen atoms in total. The maximum Gasteiger partial charge on any atom is 0.339 e. The number of carbonyl (C=O) groups is 2. The number of nitriles is 1. The zero-order valence-electron chi connectivity index (χ0n) is 17.1. The number of carbonyl (C=O) groups excluding carboxylic acids is 2. The molecule has 0 radical (unpaired) electrons. The molecular weight excluding hydrogens is 404 g/mol. The standard InChI is InChI=1S/C25H18N4O3/c1-16(24(30)29-21-8-4-2-6-18(21)15-26)32-25(31)20-14-23(17-10-12-27-13-11-17)28-22-9-5-3-7-19(20)22/h2-14,16H,1H3,(H,29,30). The van der Waals surface area contributed by atoms with Crippen LogP contribution >= 0.6 is 0 Å². The third kappa shape index (κ3) is 4.30. The highest BCUT2D eigenvalue weighted by Crippen LogP contribution is 2.25. The van der Waals surface area contributed by atoms with Gasteiger partial charge in [0.05, 0.1) is 28.0 Å². The summed E-state index contributed by atoms with van der Waals surface area (Å²) in [6.07, 6.45) is 2.22. The summed E-state index contributed by atoms with van der Waals surface area (Å²) in [6, 6.07) is 21.1. The second kappa shape index (κ2) is 9.06. The summed E-state index contributed by atoms with van der Waals surface area (Å²) in [6.45, 7) is 1.48. The maximum atomic E-state index is 13.0. The normalized spacial score (nSPS) is 11.4. The van der Waals surface area contributed by atoms with Crippen LogP contribution in [0.2, 0.25) is 0 Å². The van der Waals surface area contributed by atoms with E-state index in [1.165, 1.54) is 6.92 Å². The molecule has 1 unspecified atom stereocenters. The molecule has 0 aliphatic heterocycles. The first-order valence-electron chi connectivity index (χ1n) is 9.88. The molecule has 0 aliphatic rings. The lowest BCUT2D eigenvalue weighted by Crippen LogP contribution is -2.30. The Morgan fingerprint density at radius 2 is 1.75 bits per heavy atom. The van der Waals surface area contributed by atoms with Gasteiger partial charge < -0.3 is 10.1 Å². The third-order valence-electron chi connectivity index (χ3n) is 4.87. The summed E-state index contributed by atoms with van der Waals surface area (Å²) in [7, 11) is 0. The molecular formula is C25H18N4O3. The van der Waals surface area contributed by atoms with Gasteiger partial charge in [-0.1, -0.05) is 30.3 Å². The van der Waals surface area contributed by atoms with Crippen molar-refractivity contribution in [2.24, 2.45) is 0 Å². The van der Waals surface area contributed by atoms with Crippen LogP contribution in [0, 0.1) is 11.3 Å². The van der Waals surface area contributed by atoms with Gasteiger partial charge in [0.1, 0.15) is 6.07 Å². The fourth-order valence-electron chi connectivity index (χ4n) is 3.22. The van der Waals surface area contributed by atoms with Gasteiger partial charge >= 0.3 is 5.97 Å². The Hall–Kier alpha value is -4.57. The van der Waals surface area contributed by atoms with Crippen LogP contribution in [0.15, 0.2) is 79.1 Å². The van der Waals surface area contributed by atoms with Crippen molar-refractivity contribution in [1.29, 1.82) is 5.26 Å². The topological polar surface area (TPSA) is 105 Å². The summed E-state index contributed by atoms with van der Waals surface area (Å²) < 4.78 is 5.47. The number of amides is 1. The minimum atomic E-state index is -1.08. The Morgan fingerprint density at radius 3 is 2.53 bits per heavy atom. The Morgan fingerprint density at radius 1 is 1.03 bits per heavy atom. The number of nitrogens with one attached hydrogen (secondary N) is 1. The van der Waals surface area contributed by atoms with E-state index in [2.05, 4.69) is 15.3 Å². The third-order valence-corrected chi connectivity index (χ3v) is 4.87. The Labute approximate surface area is 184 Å². The van der Waals surface area contributed by atoms with Gasteiger partial charge in [0, 0.05) is 23.3 Å². The van der Waals surface area contributed by atoms with Crippen molar-refractivity contribution in [3.63, 3.8) is 0 Å². The molecule has 1 N–H and O–H groups in total. The number of hydrogen-bond acceptors (Lipinski definition) is 6. The summed E-state index contributed by atoms with van der Waals surface area (Å²) in [4.78, 5) is 34.3. The van der Waals surface area contributed by atoms with Crippen molar-refractivity contribution >= 4 is 28.5 Å². The molecule has 0 saturated heterocycles. The number of ether oxygens (including phenoxy) is 1. The molecule has 1 amide bonds. The van der Waals surface area contributed by atoms with Crippen LogP contribution in [0.4, 0.5) is 5.69 Å². The predicted octanol–water partition coefficient (Wildman–Crippen LogP) is 4.35. The van der Waals surface area contributed by atoms with Crippen LogP contribution in [0.1, 0.15) is 22.8 Å². The average Bonchev–Trinajstić information content (AvgIpc) is 2.84. The van der Waals surface area contributed by atoms with Crippen molar-refractivity contribution in [3.05, 3.63) is 90.3 Å². The van der Waals surface area contributed by atoms with E-state index in [1.807, 2.05) is 24.3 Å². The Bertz CT molecular complexity index is 1350. The van der Waals surface area contributed by atoms with E-state index in [4.69, 9.17) is 4.74 Å². The molecule has 0 fully saturated rings. The first kappa shape index (κ1) is 20.7. The van der Waals surface area contributed by atoms with Crippen molar-refractivity contribution in [3.8, 4) is 17.3 Å². The Kier molecular flexibility index (Phi) is 5.86. The number of anilines is 1. The molecule has 32 heavy (non-hydrogen) atoms. The SMILES string of the molecule is CC(OC(=O)c1cc(-c2ccncc2)nc2ccccc12)C(=O)Nc1ccccc1C#N. The van der Waals surface area contributed by atoms with E-state index in [9.17, 15) is 14.9 Å². The highest BCUT2D eigenvalue weighted by Gasteiger charge is 2.22. The average molecular weight is 422 g/mol. The first-order valence-corrected chi connectivity index (χ1v) is 9.88. The van der Waals surface area contributed by atoms with E-state index < -0.39 is 18.0 Å². The fraction of sp³-hybridized carbons (Fsp3) is 0.0800. The zero-order chi connectivity index (χ0) is 22.5. The number of esters is 1. The lowest BCUT2D eigenvalue weighted by molar-refractivity contribution is -0.123. The number of benzene rings is 2. The summed E-state index contributed by atoms with van der Waals surface area (Å²) >= 11 is 0. The lowest BCUT2D eigenvalue weighted by atomic mass is 10.0. The molecule has 1 atom stereocenters. The van der Waals surface area contributed by atoms with Gasteiger partial charge in [-0.3, -0.25) is 9.78 Å². The minimum absolute atomic E-state index is 0.305. The number of fused-ring (bicyclic) bond motifs is 1. The Balaban J connectivity index is 1.61. The fourth-order valence-corrected chi connectivity index (χ4v) is 3.22. The molecule has 2 heterocycles. The largest absolute Gasteiger partial charge is 0.449 e. The van der Waals surface area contributed by atoms with E-state index in [-0.39, 0.29) is 0 Å². The summed E-state index contributed by atoms with van der Waals surface area (Å²) in [5.74, 6) is -1.18. The van der Waals surface area contributed by atoms with E-state index in [0.29, 0.717) is 33.4 Å². The van der Waals surface area contributed by atoms with E-state index in [0.717, 1.165) is 5.56 Å². The van der Waals surface area contributed by atoms with Gasteiger partial charge in [0.25, 0.3) is 5.91 Å². The van der Waals surface area contributed by atoms with Gasteiger partial charge in [-0.2, -0.15) is 5.26 Å². The quantitative estimate of drug-likeness (QED) is 0.479. The van der Waals surface area contributed by atoms with Crippen LogP contribution in [0.25, 0.3) is 22.2 Å². The van der Waals surface area contributed by atoms with Gasteiger partial charge in [-0.05, 0) is 43.3 Å². The molecule has 7 heteroatoms. The van der Waals surface area contributed by atoms with Crippen LogP contribution in [-0.2, 0) is 9.53 Å². The molecule has 0 spiro atoms. The van der Waals surface area contributed by atoms with E-state index in [1.54, 1.807) is 60.9 Å². The van der Waals surface area contributed by atoms with Crippen LogP contribution in [-0.4, -0.2) is 27.9 Å². The van der Waals surface area contributed by atoms with Crippen LogP contribution in [0.3, 0.4) is 0 Å². The highest BCUT2D eigenvalue weighted by atomic mass is 16.5. The maximum absolute atomic E-state index is 13.0. The first-order chi connectivity index (χ1) is 15.6. The van der Waals surface area contributed by atoms with Crippen molar-refractivity contribution in [2.45, 2.75) is 13.0 Å². The molecule has 0 aliphatic carbocycles. The molecule has 156 valence electrons. The van der Waals surface area contributed by atoms with Crippen molar-refractivity contribution in [2.75, 3.05) is 5.32 Å². The molecule has 2 aromatic carbocycles. The van der Waals surface area contributed by atoms with E-state index >= 15 is 0 Å². The summed E-state index contributed by atoms with van der Waals surface area (Å²) in [5, 5.41) is 12.4. The lowest BCUT2D eigenvalue weighted by Gasteiger charge is -2.15. The van der Waals surface area contributed by atoms with Crippen molar-refractivity contribution < 1.29 is 14.3 Å². The number of aromatic nitrogens is 2. The summed E-state index contributed by atoms with van der Waals surface area (Å²) in [5.41, 5.74) is 3.02. The second-order valence-electron chi connectivity index (χ2n) is 7.00. The monoisotopic (exact) mass is 422 g/mol. The smallest absolute Gasteiger partial charge is 0.339 e. The number of pyridine rings is 2. The minimum Gasteiger partial charge on any atom is -0.449 e. The number of nitrogens with zero attached hydrogens (tertiary/aromatic N) is 3. The molecule has 4 rings (SSSR count). The number of para-hydroxylation sites is 2. The van der Waals surface area contributed by atoms with Crippen molar-refractivity contribution in [1.82, 2.24) is 9.97 Å². The van der Waals surface area contributed by atoms with Gasteiger partial charge in [-0.25, -0.2) is 9.78 Å². The van der Waals surface area contributed by atoms with Gasteiger partial charge in [0.15, 0.2) is 6.10 Å². The molecule has 4 aromatic rings. The van der Waals surface area contributed by atoms with Gasteiger partial charge in [0.2, 0.25) is 0 Å². The number of hydrogen-bond donors (Lipinski definition) is 1. The second-order valence-corrected chi connectivity index (χ2v) is 7.00. The zero-order valence-corrected chi connectivity index (χ0v) is 17.1. The highest BCUT2D eigenvalue weighted by molar-refractivity contribution is 6.06. The molecule has 0 saturated carbocycles. The van der Waals surface area contributed by atoms with Gasteiger partial charge in [-0.15, -0.1) is 0 Å². The van der Waals surface area contributed by atoms with Crippen LogP contribution < -0.4 is 5.32 Å². The molecule has 0 bridgehead atoms. The number of rotatable bonds is 5.